The molecule has 0 unspecified atom stereocenters. The van der Waals surface area contributed by atoms with Crippen molar-refractivity contribution in [3.05, 3.63) is 100 Å². The molecule has 4 rings (SSSR count). The molecular formula is C30H26ClN3O7. The second-order valence-electron chi connectivity index (χ2n) is 9.10. The van der Waals surface area contributed by atoms with Crippen molar-refractivity contribution in [3.63, 3.8) is 0 Å². The number of carbonyl (C=O) groups is 5. The average molecular weight is 576 g/mol. The Kier molecular flexibility index (Phi) is 8.84. The molecule has 0 atom stereocenters. The number of benzene rings is 3. The number of carbonyl (C=O) groups excluding carboxylic acids is 5. The highest BCUT2D eigenvalue weighted by atomic mass is 35.5. The first-order chi connectivity index (χ1) is 19.6. The Bertz CT molecular complexity index is 1580. The highest BCUT2D eigenvalue weighted by Crippen LogP contribution is 2.31. The number of hydrogen-bond acceptors (Lipinski definition) is 8. The van der Waals surface area contributed by atoms with Crippen LogP contribution in [0.1, 0.15) is 51.8 Å². The molecule has 1 heterocycles. The molecule has 0 saturated carbocycles. The number of amides is 3. The third-order valence-corrected chi connectivity index (χ3v) is 6.09. The summed E-state index contributed by atoms with van der Waals surface area (Å²) < 4.78 is 10.2. The number of rotatable bonds is 9. The quantitative estimate of drug-likeness (QED) is 0.266. The predicted molar refractivity (Wildman–Crippen MR) is 153 cm³/mol. The molecule has 2 N–H and O–H groups in total. The number of imide groups is 1. The molecule has 210 valence electrons. The molecule has 3 aromatic rings. The summed E-state index contributed by atoms with van der Waals surface area (Å²) >= 11 is 6.25. The molecule has 0 bridgehead atoms. The smallest absolute Gasteiger partial charge is 0.338 e. The first kappa shape index (κ1) is 29.0. The van der Waals surface area contributed by atoms with Crippen LogP contribution in [0.2, 0.25) is 0 Å². The molecule has 1 aliphatic rings. The highest BCUT2D eigenvalue weighted by molar-refractivity contribution is 6.53. The van der Waals surface area contributed by atoms with Gasteiger partial charge in [-0.3, -0.25) is 14.4 Å². The second kappa shape index (κ2) is 12.5. The van der Waals surface area contributed by atoms with Crippen LogP contribution in [0.5, 0.6) is 0 Å². The van der Waals surface area contributed by atoms with Crippen LogP contribution in [0.4, 0.5) is 17.1 Å². The Morgan fingerprint density at radius 1 is 0.829 bits per heavy atom. The fourth-order valence-electron chi connectivity index (χ4n) is 3.92. The summed E-state index contributed by atoms with van der Waals surface area (Å²) in [4.78, 5) is 64.2. The highest BCUT2D eigenvalue weighted by Gasteiger charge is 2.39. The lowest BCUT2D eigenvalue weighted by Crippen LogP contribution is -2.32. The van der Waals surface area contributed by atoms with Gasteiger partial charge in [-0.2, -0.15) is 0 Å². The van der Waals surface area contributed by atoms with Gasteiger partial charge in [-0.15, -0.1) is 0 Å². The van der Waals surface area contributed by atoms with Crippen LogP contribution in [-0.4, -0.2) is 42.4 Å². The van der Waals surface area contributed by atoms with E-state index in [-0.39, 0.29) is 45.8 Å². The van der Waals surface area contributed by atoms with Crippen LogP contribution in [0.25, 0.3) is 0 Å². The normalized spacial score (nSPS) is 13.0. The lowest BCUT2D eigenvalue weighted by Gasteiger charge is -2.16. The van der Waals surface area contributed by atoms with Crippen LogP contribution in [-0.2, 0) is 19.1 Å². The molecule has 3 aromatic carbocycles. The van der Waals surface area contributed by atoms with E-state index in [1.54, 1.807) is 57.2 Å². The first-order valence-electron chi connectivity index (χ1n) is 12.6. The van der Waals surface area contributed by atoms with Gasteiger partial charge in [0.15, 0.2) is 0 Å². The number of halogens is 1. The Labute approximate surface area is 240 Å². The van der Waals surface area contributed by atoms with Crippen LogP contribution >= 0.6 is 11.6 Å². The van der Waals surface area contributed by atoms with E-state index < -0.39 is 29.7 Å². The Morgan fingerprint density at radius 3 is 2.12 bits per heavy atom. The minimum absolute atomic E-state index is 0.146. The minimum Gasteiger partial charge on any atom is -0.462 e. The lowest BCUT2D eigenvalue weighted by atomic mass is 10.1. The minimum atomic E-state index is -0.773. The zero-order chi connectivity index (χ0) is 29.7. The topological polar surface area (TPSA) is 131 Å². The van der Waals surface area contributed by atoms with Gasteiger partial charge in [-0.1, -0.05) is 29.8 Å². The lowest BCUT2D eigenvalue weighted by molar-refractivity contribution is -0.120. The number of esters is 2. The van der Waals surface area contributed by atoms with Gasteiger partial charge in [-0.25, -0.2) is 14.5 Å². The first-order valence-corrected chi connectivity index (χ1v) is 13.0. The molecule has 11 heteroatoms. The van der Waals surface area contributed by atoms with E-state index >= 15 is 0 Å². The molecule has 41 heavy (non-hydrogen) atoms. The summed E-state index contributed by atoms with van der Waals surface area (Å²) in [5.74, 6) is -3.09. The van der Waals surface area contributed by atoms with Crippen LogP contribution in [0, 0.1) is 0 Å². The molecule has 0 saturated heterocycles. The molecule has 10 nitrogen and oxygen atoms in total. The Balaban J connectivity index is 1.50. The van der Waals surface area contributed by atoms with E-state index in [4.69, 9.17) is 21.1 Å². The largest absolute Gasteiger partial charge is 0.462 e. The molecule has 3 amide bonds. The molecule has 0 aromatic heterocycles. The summed E-state index contributed by atoms with van der Waals surface area (Å²) in [7, 11) is 0. The summed E-state index contributed by atoms with van der Waals surface area (Å²) in [5, 5.41) is 5.21. The van der Waals surface area contributed by atoms with Crippen molar-refractivity contribution in [1.29, 1.82) is 0 Å². The zero-order valence-electron chi connectivity index (χ0n) is 22.4. The van der Waals surface area contributed by atoms with E-state index in [9.17, 15) is 24.0 Å². The summed E-state index contributed by atoms with van der Waals surface area (Å²) in [6, 6.07) is 18.4. The molecule has 1 aliphatic heterocycles. The average Bonchev–Trinajstić information content (AvgIpc) is 3.16. The molecule has 0 aliphatic carbocycles. The van der Waals surface area contributed by atoms with Gasteiger partial charge >= 0.3 is 11.9 Å². The number of ether oxygens (including phenoxy) is 2. The monoisotopic (exact) mass is 575 g/mol. The molecule has 0 radical (unpaired) electrons. The van der Waals surface area contributed by atoms with E-state index in [2.05, 4.69) is 10.6 Å². The van der Waals surface area contributed by atoms with Gasteiger partial charge < -0.3 is 20.1 Å². The maximum atomic E-state index is 13.2. The van der Waals surface area contributed by atoms with Crippen molar-refractivity contribution >= 4 is 58.3 Å². The zero-order valence-corrected chi connectivity index (χ0v) is 23.2. The van der Waals surface area contributed by atoms with Crippen LogP contribution in [0.15, 0.2) is 83.5 Å². The number of nitrogens with one attached hydrogen (secondary N) is 2. The van der Waals surface area contributed by atoms with Crippen molar-refractivity contribution < 1.29 is 33.4 Å². The summed E-state index contributed by atoms with van der Waals surface area (Å²) in [6.45, 7) is 5.32. The van der Waals surface area contributed by atoms with E-state index in [0.29, 0.717) is 11.4 Å². The molecule has 0 fully saturated rings. The fourth-order valence-corrected chi connectivity index (χ4v) is 4.14. The molecule has 0 spiro atoms. The van der Waals surface area contributed by atoms with Gasteiger partial charge in [0.1, 0.15) is 10.7 Å². The van der Waals surface area contributed by atoms with Gasteiger partial charge in [0, 0.05) is 16.9 Å². The van der Waals surface area contributed by atoms with Crippen LogP contribution in [0.3, 0.4) is 0 Å². The third kappa shape index (κ3) is 6.62. The maximum Gasteiger partial charge on any atom is 0.338 e. The van der Waals surface area contributed by atoms with E-state index in [1.807, 2.05) is 0 Å². The van der Waals surface area contributed by atoms with Gasteiger partial charge in [0.2, 0.25) is 0 Å². The van der Waals surface area contributed by atoms with E-state index in [0.717, 1.165) is 4.90 Å². The summed E-state index contributed by atoms with van der Waals surface area (Å²) in [6.07, 6.45) is -0.288. The van der Waals surface area contributed by atoms with Crippen molar-refractivity contribution in [3.8, 4) is 0 Å². The van der Waals surface area contributed by atoms with Gasteiger partial charge in [0.25, 0.3) is 17.7 Å². The second-order valence-corrected chi connectivity index (χ2v) is 9.48. The summed E-state index contributed by atoms with van der Waals surface area (Å²) in [5.41, 5.74) is 1.36. The van der Waals surface area contributed by atoms with Crippen molar-refractivity contribution in [2.24, 2.45) is 0 Å². The van der Waals surface area contributed by atoms with Gasteiger partial charge in [0.05, 0.1) is 29.5 Å². The van der Waals surface area contributed by atoms with Crippen molar-refractivity contribution in [1.82, 2.24) is 0 Å². The maximum absolute atomic E-state index is 13.2. The SMILES string of the molecule is CCOC(=O)c1cccc(N2C(=O)C(Cl)=C(Nc3cccc(C(=O)Nc4cccc(C(=O)OC(C)C)c4)c3)C2=O)c1. The fraction of sp³-hybridized carbons (Fsp3) is 0.167. The standard InChI is InChI=1S/C30H26ClN3O7/c1-4-40-29(38)20-10-7-13-23(16-20)34-27(36)24(31)25(28(34)37)32-21-11-5-8-18(14-21)26(35)33-22-12-6-9-19(15-22)30(39)41-17(2)3/h5-17,32H,4H2,1-3H3,(H,33,35). The predicted octanol–water partition coefficient (Wildman–Crippen LogP) is 5.12. The third-order valence-electron chi connectivity index (χ3n) is 5.74. The van der Waals surface area contributed by atoms with Crippen molar-refractivity contribution in [2.75, 3.05) is 22.1 Å². The molecular weight excluding hydrogens is 550 g/mol. The Morgan fingerprint density at radius 2 is 1.44 bits per heavy atom. The Hall–Kier alpha value is -4.96. The number of nitrogens with zero attached hydrogens (tertiary/aromatic N) is 1. The van der Waals surface area contributed by atoms with E-state index in [1.165, 1.54) is 36.4 Å². The number of hydrogen-bond donors (Lipinski definition) is 2. The van der Waals surface area contributed by atoms with Crippen LogP contribution < -0.4 is 15.5 Å². The van der Waals surface area contributed by atoms with Crippen molar-refractivity contribution in [2.45, 2.75) is 26.9 Å². The number of anilines is 3. The van der Waals surface area contributed by atoms with Gasteiger partial charge in [-0.05, 0) is 75.4 Å².